The Labute approximate surface area is 151 Å². The van der Waals surface area contributed by atoms with Crippen LogP contribution in [0.15, 0.2) is 18.2 Å². The summed E-state index contributed by atoms with van der Waals surface area (Å²) in [6.07, 6.45) is 0.750. The van der Waals surface area contributed by atoms with Crippen molar-refractivity contribution in [1.29, 1.82) is 0 Å². The highest BCUT2D eigenvalue weighted by atomic mass is 16.5. The molecule has 0 atom stereocenters. The van der Waals surface area contributed by atoms with Crippen LogP contribution in [0.2, 0.25) is 0 Å². The van der Waals surface area contributed by atoms with Gasteiger partial charge in [0.2, 0.25) is 11.8 Å². The summed E-state index contributed by atoms with van der Waals surface area (Å²) in [5.41, 5.74) is 2.88. The third kappa shape index (κ3) is 6.38. The molecule has 0 heterocycles. The van der Waals surface area contributed by atoms with Crippen molar-refractivity contribution in [2.75, 3.05) is 49.7 Å². The number of carbonyl (C=O) groups excluding carboxylic acids is 2. The number of carbonyl (C=O) groups is 2. The van der Waals surface area contributed by atoms with E-state index in [1.807, 2.05) is 19.1 Å². The number of ether oxygens (including phenoxy) is 1. The van der Waals surface area contributed by atoms with E-state index in [-0.39, 0.29) is 18.4 Å². The molecule has 2 amide bonds. The third-order valence-corrected chi connectivity index (χ3v) is 4.13. The standard InChI is InChI=1S/C19H31N3O3/c1-6-21(7-2)17-9-10-18(15(3)13-17)22(16(4)23)14-19(24)20-11-8-12-25-5/h9-10,13H,6-8,11-12,14H2,1-5H3,(H,20,24). The molecule has 0 saturated heterocycles. The van der Waals surface area contributed by atoms with Gasteiger partial charge >= 0.3 is 0 Å². The Morgan fingerprint density at radius 3 is 2.40 bits per heavy atom. The summed E-state index contributed by atoms with van der Waals surface area (Å²) in [6, 6.07) is 5.99. The van der Waals surface area contributed by atoms with E-state index in [9.17, 15) is 9.59 Å². The predicted molar refractivity (Wildman–Crippen MR) is 102 cm³/mol. The van der Waals surface area contributed by atoms with E-state index in [2.05, 4.69) is 30.1 Å². The number of nitrogens with one attached hydrogen (secondary N) is 1. The highest BCUT2D eigenvalue weighted by molar-refractivity contribution is 5.98. The number of hydrogen-bond donors (Lipinski definition) is 1. The van der Waals surface area contributed by atoms with Crippen molar-refractivity contribution in [1.82, 2.24) is 5.32 Å². The average molecular weight is 349 g/mol. The van der Waals surface area contributed by atoms with Gasteiger partial charge in [-0.25, -0.2) is 0 Å². The van der Waals surface area contributed by atoms with Crippen molar-refractivity contribution in [2.45, 2.75) is 34.1 Å². The lowest BCUT2D eigenvalue weighted by molar-refractivity contribution is -0.123. The quantitative estimate of drug-likeness (QED) is 0.659. The van der Waals surface area contributed by atoms with E-state index in [0.717, 1.165) is 36.4 Å². The minimum Gasteiger partial charge on any atom is -0.385 e. The average Bonchev–Trinajstić information content (AvgIpc) is 2.58. The van der Waals surface area contributed by atoms with Gasteiger partial charge in [0.25, 0.3) is 0 Å². The van der Waals surface area contributed by atoms with Crippen LogP contribution in [-0.2, 0) is 14.3 Å². The van der Waals surface area contributed by atoms with E-state index in [4.69, 9.17) is 4.74 Å². The van der Waals surface area contributed by atoms with E-state index in [1.54, 1.807) is 7.11 Å². The molecule has 0 spiro atoms. The van der Waals surface area contributed by atoms with Gasteiger partial charge in [0.1, 0.15) is 6.54 Å². The summed E-state index contributed by atoms with van der Waals surface area (Å²) in [5, 5.41) is 2.82. The molecule has 1 aromatic carbocycles. The molecule has 0 unspecified atom stereocenters. The Balaban J connectivity index is 2.85. The summed E-state index contributed by atoms with van der Waals surface area (Å²) in [7, 11) is 1.63. The van der Waals surface area contributed by atoms with Crippen LogP contribution in [0.4, 0.5) is 11.4 Å². The van der Waals surface area contributed by atoms with Gasteiger partial charge in [-0.15, -0.1) is 0 Å². The summed E-state index contributed by atoms with van der Waals surface area (Å²) in [6.45, 7) is 10.7. The second-order valence-electron chi connectivity index (χ2n) is 5.94. The minimum absolute atomic E-state index is 0.0216. The van der Waals surface area contributed by atoms with Crippen molar-refractivity contribution in [3.63, 3.8) is 0 Å². The molecule has 140 valence electrons. The van der Waals surface area contributed by atoms with Gasteiger partial charge in [0.05, 0.1) is 0 Å². The maximum absolute atomic E-state index is 12.1. The van der Waals surface area contributed by atoms with Gasteiger partial charge in [-0.2, -0.15) is 0 Å². The van der Waals surface area contributed by atoms with Crippen molar-refractivity contribution in [3.8, 4) is 0 Å². The topological polar surface area (TPSA) is 61.9 Å². The smallest absolute Gasteiger partial charge is 0.240 e. The van der Waals surface area contributed by atoms with Crippen molar-refractivity contribution < 1.29 is 14.3 Å². The Morgan fingerprint density at radius 2 is 1.88 bits per heavy atom. The fourth-order valence-corrected chi connectivity index (χ4v) is 2.74. The van der Waals surface area contributed by atoms with Crippen LogP contribution < -0.4 is 15.1 Å². The van der Waals surface area contributed by atoms with Crippen LogP contribution in [0.25, 0.3) is 0 Å². The molecule has 1 rings (SSSR count). The molecule has 6 nitrogen and oxygen atoms in total. The van der Waals surface area contributed by atoms with Crippen LogP contribution in [0.1, 0.15) is 32.8 Å². The highest BCUT2D eigenvalue weighted by Gasteiger charge is 2.18. The molecule has 0 radical (unpaired) electrons. The van der Waals surface area contributed by atoms with Crippen LogP contribution in [0.3, 0.4) is 0 Å². The van der Waals surface area contributed by atoms with Gasteiger partial charge < -0.3 is 19.9 Å². The molecule has 25 heavy (non-hydrogen) atoms. The third-order valence-electron chi connectivity index (χ3n) is 4.13. The van der Waals surface area contributed by atoms with Gasteiger partial charge in [0, 0.05) is 51.6 Å². The van der Waals surface area contributed by atoms with Gasteiger partial charge in [-0.3, -0.25) is 9.59 Å². The lowest BCUT2D eigenvalue weighted by Crippen LogP contribution is -2.40. The zero-order chi connectivity index (χ0) is 18.8. The van der Waals surface area contributed by atoms with E-state index in [0.29, 0.717) is 13.2 Å². The molecule has 0 aliphatic rings. The summed E-state index contributed by atoms with van der Waals surface area (Å²) < 4.78 is 4.96. The summed E-state index contributed by atoms with van der Waals surface area (Å²) in [5.74, 6) is -0.316. The molecule has 0 saturated carbocycles. The Kier molecular flexibility index (Phi) is 8.99. The first-order valence-corrected chi connectivity index (χ1v) is 8.83. The maximum atomic E-state index is 12.1. The van der Waals surface area contributed by atoms with Crippen LogP contribution in [-0.4, -0.2) is 51.7 Å². The molecule has 1 aromatic rings. The number of nitrogens with zero attached hydrogens (tertiary/aromatic N) is 2. The van der Waals surface area contributed by atoms with Gasteiger partial charge in [0.15, 0.2) is 0 Å². The number of amides is 2. The second-order valence-corrected chi connectivity index (χ2v) is 5.94. The molecule has 0 aliphatic carbocycles. The first kappa shape index (κ1) is 21.0. The predicted octanol–water partition coefficient (Wildman–Crippen LogP) is 2.35. The minimum atomic E-state index is -0.168. The number of rotatable bonds is 10. The Hall–Kier alpha value is -2.08. The van der Waals surface area contributed by atoms with Gasteiger partial charge in [-0.05, 0) is 51.0 Å². The highest BCUT2D eigenvalue weighted by Crippen LogP contribution is 2.26. The first-order chi connectivity index (χ1) is 11.9. The zero-order valence-corrected chi connectivity index (χ0v) is 16.1. The number of hydrogen-bond acceptors (Lipinski definition) is 4. The van der Waals surface area contributed by atoms with Crippen molar-refractivity contribution in [2.24, 2.45) is 0 Å². The van der Waals surface area contributed by atoms with Crippen LogP contribution >= 0.6 is 0 Å². The number of benzene rings is 1. The normalized spacial score (nSPS) is 10.4. The fourth-order valence-electron chi connectivity index (χ4n) is 2.74. The molecular formula is C19H31N3O3. The van der Waals surface area contributed by atoms with Crippen molar-refractivity contribution in [3.05, 3.63) is 23.8 Å². The lowest BCUT2D eigenvalue weighted by atomic mass is 10.1. The molecule has 6 heteroatoms. The summed E-state index contributed by atoms with van der Waals surface area (Å²) in [4.78, 5) is 27.9. The number of methoxy groups -OCH3 is 1. The molecule has 0 aliphatic heterocycles. The fraction of sp³-hybridized carbons (Fsp3) is 0.579. The van der Waals surface area contributed by atoms with Crippen molar-refractivity contribution >= 4 is 23.2 Å². The maximum Gasteiger partial charge on any atom is 0.240 e. The Bertz CT molecular complexity index is 571. The SMILES string of the molecule is CCN(CC)c1ccc(N(CC(=O)NCCCOC)C(C)=O)c(C)c1. The first-order valence-electron chi connectivity index (χ1n) is 8.83. The largest absolute Gasteiger partial charge is 0.385 e. The Morgan fingerprint density at radius 1 is 1.20 bits per heavy atom. The molecule has 0 bridgehead atoms. The monoisotopic (exact) mass is 349 g/mol. The number of anilines is 2. The van der Waals surface area contributed by atoms with E-state index in [1.165, 1.54) is 11.8 Å². The van der Waals surface area contributed by atoms with Crippen LogP contribution in [0.5, 0.6) is 0 Å². The molecule has 0 fully saturated rings. The van der Waals surface area contributed by atoms with Gasteiger partial charge in [-0.1, -0.05) is 0 Å². The van der Waals surface area contributed by atoms with E-state index >= 15 is 0 Å². The molecule has 0 aromatic heterocycles. The summed E-state index contributed by atoms with van der Waals surface area (Å²) >= 11 is 0. The van der Waals surface area contributed by atoms with E-state index < -0.39 is 0 Å². The second kappa shape index (κ2) is 10.7. The molecule has 1 N–H and O–H groups in total. The molecular weight excluding hydrogens is 318 g/mol. The zero-order valence-electron chi connectivity index (χ0n) is 16.1. The van der Waals surface area contributed by atoms with Crippen LogP contribution in [0, 0.1) is 6.92 Å². The number of aryl methyl sites for hydroxylation is 1. The lowest BCUT2D eigenvalue weighted by Gasteiger charge is -2.26.